The molecule has 0 heterocycles. The van der Waals surface area contributed by atoms with Crippen LogP contribution < -0.4 is 0 Å². The second kappa shape index (κ2) is 3.86. The predicted octanol–water partition coefficient (Wildman–Crippen LogP) is 1.92. The van der Waals surface area contributed by atoms with Gasteiger partial charge in [0.25, 0.3) is 0 Å². The standard InChI is InChI=1S/C9H16O2/c1-2-9(11-8-7-10)5-3-4-6-9/h7H,2-6,8H2,1H3. The predicted molar refractivity (Wildman–Crippen MR) is 43.5 cm³/mol. The molecule has 0 atom stereocenters. The molecule has 1 aliphatic rings. The van der Waals surface area contributed by atoms with E-state index in [-0.39, 0.29) is 12.2 Å². The van der Waals surface area contributed by atoms with E-state index >= 15 is 0 Å². The van der Waals surface area contributed by atoms with Gasteiger partial charge in [0.15, 0.2) is 0 Å². The minimum atomic E-state index is 0.0565. The molecule has 1 aliphatic carbocycles. The van der Waals surface area contributed by atoms with Gasteiger partial charge in [-0.25, -0.2) is 0 Å². The summed E-state index contributed by atoms with van der Waals surface area (Å²) in [4.78, 5) is 10.1. The molecule has 0 aromatic carbocycles. The van der Waals surface area contributed by atoms with E-state index in [1.54, 1.807) is 0 Å². The molecule has 1 fully saturated rings. The molecule has 11 heavy (non-hydrogen) atoms. The summed E-state index contributed by atoms with van der Waals surface area (Å²) in [5, 5.41) is 0. The second-order valence-corrected chi connectivity index (χ2v) is 3.22. The van der Waals surface area contributed by atoms with Crippen LogP contribution in [0.3, 0.4) is 0 Å². The number of carbonyl (C=O) groups is 1. The van der Waals surface area contributed by atoms with Crippen molar-refractivity contribution in [3.63, 3.8) is 0 Å². The minimum absolute atomic E-state index is 0.0565. The SMILES string of the molecule is CCC1(OCC=O)CCCC1. The normalized spacial score (nSPS) is 21.9. The Morgan fingerprint density at radius 1 is 1.45 bits per heavy atom. The number of hydrogen-bond donors (Lipinski definition) is 0. The lowest BCUT2D eigenvalue weighted by molar-refractivity contribution is -0.119. The second-order valence-electron chi connectivity index (χ2n) is 3.22. The van der Waals surface area contributed by atoms with E-state index in [1.165, 1.54) is 12.8 Å². The molecule has 0 aromatic heterocycles. The van der Waals surface area contributed by atoms with Crippen molar-refractivity contribution in [3.05, 3.63) is 0 Å². The van der Waals surface area contributed by atoms with Crippen molar-refractivity contribution in [3.8, 4) is 0 Å². The topological polar surface area (TPSA) is 26.3 Å². The fourth-order valence-corrected chi connectivity index (χ4v) is 1.83. The fourth-order valence-electron chi connectivity index (χ4n) is 1.83. The van der Waals surface area contributed by atoms with Crippen LogP contribution in [0.2, 0.25) is 0 Å². The van der Waals surface area contributed by atoms with Gasteiger partial charge in [0.1, 0.15) is 12.9 Å². The average molecular weight is 156 g/mol. The van der Waals surface area contributed by atoms with Gasteiger partial charge >= 0.3 is 0 Å². The van der Waals surface area contributed by atoms with E-state index in [2.05, 4.69) is 6.92 Å². The Balaban J connectivity index is 2.38. The maximum absolute atomic E-state index is 10.1. The Morgan fingerprint density at radius 2 is 2.09 bits per heavy atom. The van der Waals surface area contributed by atoms with Crippen molar-refractivity contribution in [1.29, 1.82) is 0 Å². The Hall–Kier alpha value is -0.370. The van der Waals surface area contributed by atoms with Gasteiger partial charge in [-0.05, 0) is 19.3 Å². The molecule has 0 bridgehead atoms. The van der Waals surface area contributed by atoms with Crippen LogP contribution in [0, 0.1) is 0 Å². The first-order valence-corrected chi connectivity index (χ1v) is 4.40. The maximum atomic E-state index is 10.1. The zero-order valence-electron chi connectivity index (χ0n) is 7.14. The lowest BCUT2D eigenvalue weighted by atomic mass is 9.99. The third-order valence-corrected chi connectivity index (χ3v) is 2.62. The van der Waals surface area contributed by atoms with Crippen LogP contribution in [0.5, 0.6) is 0 Å². The van der Waals surface area contributed by atoms with Gasteiger partial charge in [0.05, 0.1) is 5.60 Å². The van der Waals surface area contributed by atoms with Crippen molar-refractivity contribution in [2.24, 2.45) is 0 Å². The molecule has 0 unspecified atom stereocenters. The van der Waals surface area contributed by atoms with Crippen molar-refractivity contribution in [1.82, 2.24) is 0 Å². The molecule has 0 aromatic rings. The van der Waals surface area contributed by atoms with Gasteiger partial charge in [0, 0.05) is 0 Å². The van der Waals surface area contributed by atoms with Crippen LogP contribution in [0.1, 0.15) is 39.0 Å². The summed E-state index contributed by atoms with van der Waals surface area (Å²) in [5.41, 5.74) is 0.0565. The van der Waals surface area contributed by atoms with Crippen LogP contribution in [0.15, 0.2) is 0 Å². The smallest absolute Gasteiger partial charge is 0.145 e. The molecule has 0 saturated heterocycles. The molecule has 0 spiro atoms. The van der Waals surface area contributed by atoms with E-state index in [9.17, 15) is 4.79 Å². The van der Waals surface area contributed by atoms with Gasteiger partial charge < -0.3 is 9.53 Å². The molecule has 0 N–H and O–H groups in total. The van der Waals surface area contributed by atoms with Crippen molar-refractivity contribution < 1.29 is 9.53 Å². The van der Waals surface area contributed by atoms with Crippen molar-refractivity contribution in [2.75, 3.05) is 6.61 Å². The maximum Gasteiger partial charge on any atom is 0.145 e. The molecule has 2 heteroatoms. The number of aldehydes is 1. The zero-order valence-corrected chi connectivity index (χ0v) is 7.14. The first-order valence-electron chi connectivity index (χ1n) is 4.40. The van der Waals surface area contributed by atoms with Gasteiger partial charge in [-0.1, -0.05) is 19.8 Å². The number of ether oxygens (including phenoxy) is 1. The molecule has 1 saturated carbocycles. The highest BCUT2D eigenvalue weighted by Gasteiger charge is 2.32. The summed E-state index contributed by atoms with van der Waals surface area (Å²) in [5.74, 6) is 0. The Bertz CT molecular complexity index is 126. The number of hydrogen-bond acceptors (Lipinski definition) is 2. The number of carbonyl (C=O) groups excluding carboxylic acids is 1. The highest BCUT2D eigenvalue weighted by atomic mass is 16.5. The van der Waals surface area contributed by atoms with Gasteiger partial charge in [-0.3, -0.25) is 0 Å². The monoisotopic (exact) mass is 156 g/mol. The van der Waals surface area contributed by atoms with Crippen molar-refractivity contribution >= 4 is 6.29 Å². The van der Waals surface area contributed by atoms with Crippen LogP contribution >= 0.6 is 0 Å². The molecular formula is C9H16O2. The molecule has 0 amide bonds. The Morgan fingerprint density at radius 3 is 2.55 bits per heavy atom. The van der Waals surface area contributed by atoms with Crippen LogP contribution in [0.4, 0.5) is 0 Å². The molecular weight excluding hydrogens is 140 g/mol. The van der Waals surface area contributed by atoms with E-state index in [4.69, 9.17) is 4.74 Å². The third-order valence-electron chi connectivity index (χ3n) is 2.62. The summed E-state index contributed by atoms with van der Waals surface area (Å²) in [6.45, 7) is 2.41. The highest BCUT2D eigenvalue weighted by molar-refractivity contribution is 5.50. The molecule has 1 rings (SSSR count). The van der Waals surface area contributed by atoms with Crippen molar-refractivity contribution in [2.45, 2.75) is 44.6 Å². The minimum Gasteiger partial charge on any atom is -0.368 e. The first kappa shape index (κ1) is 8.72. The summed E-state index contributed by atoms with van der Waals surface area (Å²) in [6, 6.07) is 0. The fraction of sp³-hybridized carbons (Fsp3) is 0.889. The first-order chi connectivity index (χ1) is 5.33. The van der Waals surface area contributed by atoms with Crippen LogP contribution in [-0.2, 0) is 9.53 Å². The quantitative estimate of drug-likeness (QED) is 0.581. The molecule has 2 nitrogen and oxygen atoms in total. The van der Waals surface area contributed by atoms with Gasteiger partial charge in [-0.15, -0.1) is 0 Å². The number of rotatable bonds is 4. The largest absolute Gasteiger partial charge is 0.368 e. The summed E-state index contributed by atoms with van der Waals surface area (Å²) < 4.78 is 5.52. The average Bonchev–Trinajstić information content (AvgIpc) is 2.50. The lowest BCUT2D eigenvalue weighted by Gasteiger charge is -2.26. The highest BCUT2D eigenvalue weighted by Crippen LogP contribution is 2.35. The lowest BCUT2D eigenvalue weighted by Crippen LogP contribution is -2.28. The van der Waals surface area contributed by atoms with E-state index in [0.717, 1.165) is 25.5 Å². The van der Waals surface area contributed by atoms with E-state index in [0.29, 0.717) is 0 Å². The third kappa shape index (κ3) is 2.03. The summed E-state index contributed by atoms with van der Waals surface area (Å²) >= 11 is 0. The zero-order chi connectivity index (χ0) is 8.16. The van der Waals surface area contributed by atoms with E-state index in [1.807, 2.05) is 0 Å². The molecule has 0 aliphatic heterocycles. The summed E-state index contributed by atoms with van der Waals surface area (Å²) in [6.07, 6.45) is 6.67. The molecule has 0 radical (unpaired) electrons. The van der Waals surface area contributed by atoms with Crippen LogP contribution in [0.25, 0.3) is 0 Å². The Kier molecular flexibility index (Phi) is 3.06. The molecule has 64 valence electrons. The van der Waals surface area contributed by atoms with E-state index < -0.39 is 0 Å². The van der Waals surface area contributed by atoms with Gasteiger partial charge in [0.2, 0.25) is 0 Å². The van der Waals surface area contributed by atoms with Crippen LogP contribution in [-0.4, -0.2) is 18.5 Å². The Labute approximate surface area is 67.9 Å². The summed E-state index contributed by atoms with van der Waals surface area (Å²) in [7, 11) is 0. The van der Waals surface area contributed by atoms with Gasteiger partial charge in [-0.2, -0.15) is 0 Å².